The van der Waals surface area contributed by atoms with E-state index in [1.165, 1.54) is 0 Å². The SMILES string of the molecule is COc1ccccc1OCCOc1c(C)cccc1CN. The molecule has 0 radical (unpaired) electrons. The molecule has 4 nitrogen and oxygen atoms in total. The Balaban J connectivity index is 1.91. The van der Waals surface area contributed by atoms with Gasteiger partial charge in [0.25, 0.3) is 0 Å². The second kappa shape index (κ2) is 7.55. The average molecular weight is 287 g/mol. The smallest absolute Gasteiger partial charge is 0.161 e. The van der Waals surface area contributed by atoms with Crippen LogP contribution in [0, 0.1) is 6.92 Å². The number of methoxy groups -OCH3 is 1. The van der Waals surface area contributed by atoms with Crippen molar-refractivity contribution in [2.45, 2.75) is 13.5 Å². The first-order chi connectivity index (χ1) is 10.3. The van der Waals surface area contributed by atoms with Gasteiger partial charge in [-0.25, -0.2) is 0 Å². The number of aryl methyl sites for hydroxylation is 1. The molecule has 0 saturated heterocycles. The lowest BCUT2D eigenvalue weighted by molar-refractivity contribution is 0.209. The number of ether oxygens (including phenoxy) is 3. The minimum atomic E-state index is 0.443. The minimum absolute atomic E-state index is 0.443. The van der Waals surface area contributed by atoms with Crippen LogP contribution in [0.1, 0.15) is 11.1 Å². The molecule has 2 N–H and O–H groups in total. The lowest BCUT2D eigenvalue weighted by Crippen LogP contribution is -2.12. The normalized spacial score (nSPS) is 10.2. The van der Waals surface area contributed by atoms with Gasteiger partial charge in [-0.3, -0.25) is 0 Å². The van der Waals surface area contributed by atoms with Crippen LogP contribution in [0.25, 0.3) is 0 Å². The van der Waals surface area contributed by atoms with E-state index in [4.69, 9.17) is 19.9 Å². The monoisotopic (exact) mass is 287 g/mol. The zero-order chi connectivity index (χ0) is 15.1. The van der Waals surface area contributed by atoms with Gasteiger partial charge in [-0.15, -0.1) is 0 Å². The van der Waals surface area contributed by atoms with Gasteiger partial charge < -0.3 is 19.9 Å². The Morgan fingerprint density at radius 3 is 2.33 bits per heavy atom. The second-order valence-corrected chi connectivity index (χ2v) is 4.62. The summed E-state index contributed by atoms with van der Waals surface area (Å²) in [5, 5.41) is 0. The third-order valence-electron chi connectivity index (χ3n) is 3.17. The summed E-state index contributed by atoms with van der Waals surface area (Å²) in [5.74, 6) is 2.28. The maximum Gasteiger partial charge on any atom is 0.161 e. The maximum atomic E-state index is 5.81. The molecule has 4 heteroatoms. The fourth-order valence-corrected chi connectivity index (χ4v) is 2.11. The highest BCUT2D eigenvalue weighted by Crippen LogP contribution is 2.26. The number of nitrogens with two attached hydrogens (primary N) is 1. The first kappa shape index (κ1) is 15.2. The van der Waals surface area contributed by atoms with Crippen molar-refractivity contribution in [1.82, 2.24) is 0 Å². The summed E-state index contributed by atoms with van der Waals surface area (Å²) < 4.78 is 16.7. The van der Waals surface area contributed by atoms with Gasteiger partial charge in [0, 0.05) is 12.1 Å². The Labute approximate surface area is 125 Å². The Morgan fingerprint density at radius 2 is 1.62 bits per heavy atom. The minimum Gasteiger partial charge on any atom is -0.493 e. The van der Waals surface area contributed by atoms with E-state index in [9.17, 15) is 0 Å². The van der Waals surface area contributed by atoms with Crippen molar-refractivity contribution < 1.29 is 14.2 Å². The molecule has 0 unspecified atom stereocenters. The van der Waals surface area contributed by atoms with E-state index in [0.717, 1.165) is 22.6 Å². The van der Waals surface area contributed by atoms with E-state index < -0.39 is 0 Å². The summed E-state index contributed by atoms with van der Waals surface area (Å²) in [4.78, 5) is 0. The summed E-state index contributed by atoms with van der Waals surface area (Å²) in [6.07, 6.45) is 0. The molecule has 2 aromatic carbocycles. The van der Waals surface area contributed by atoms with Gasteiger partial charge >= 0.3 is 0 Å². The van der Waals surface area contributed by atoms with Gasteiger partial charge in [0.1, 0.15) is 19.0 Å². The van der Waals surface area contributed by atoms with Crippen molar-refractivity contribution in [1.29, 1.82) is 0 Å². The highest BCUT2D eigenvalue weighted by molar-refractivity contribution is 5.41. The van der Waals surface area contributed by atoms with Gasteiger partial charge in [0.15, 0.2) is 11.5 Å². The first-order valence-electron chi connectivity index (χ1n) is 6.93. The lowest BCUT2D eigenvalue weighted by atomic mass is 10.1. The van der Waals surface area contributed by atoms with Crippen molar-refractivity contribution >= 4 is 0 Å². The van der Waals surface area contributed by atoms with E-state index in [1.54, 1.807) is 7.11 Å². The van der Waals surface area contributed by atoms with E-state index in [0.29, 0.717) is 25.5 Å². The summed E-state index contributed by atoms with van der Waals surface area (Å²) in [6, 6.07) is 13.5. The molecule has 0 fully saturated rings. The molecule has 0 aromatic heterocycles. The van der Waals surface area contributed by atoms with Crippen molar-refractivity contribution in [3.05, 3.63) is 53.6 Å². The Kier molecular flexibility index (Phi) is 5.46. The number of benzene rings is 2. The number of hydrogen-bond donors (Lipinski definition) is 1. The second-order valence-electron chi connectivity index (χ2n) is 4.62. The largest absolute Gasteiger partial charge is 0.493 e. The molecule has 0 aliphatic rings. The Bertz CT molecular complexity index is 584. The zero-order valence-corrected chi connectivity index (χ0v) is 12.5. The summed E-state index contributed by atoms with van der Waals surface area (Å²) in [6.45, 7) is 3.37. The van der Waals surface area contributed by atoms with Crippen LogP contribution in [0.15, 0.2) is 42.5 Å². The molecule has 112 valence electrons. The average Bonchev–Trinajstić information content (AvgIpc) is 2.52. The molecule has 0 bridgehead atoms. The van der Waals surface area contributed by atoms with Gasteiger partial charge in [-0.1, -0.05) is 30.3 Å². The summed E-state index contributed by atoms with van der Waals surface area (Å²) in [5.41, 5.74) is 7.81. The van der Waals surface area contributed by atoms with Crippen molar-refractivity contribution in [2.24, 2.45) is 5.73 Å². The van der Waals surface area contributed by atoms with Gasteiger partial charge in [-0.05, 0) is 24.6 Å². The molecule has 21 heavy (non-hydrogen) atoms. The van der Waals surface area contributed by atoms with Gasteiger partial charge in [0.05, 0.1) is 7.11 Å². The predicted molar refractivity (Wildman–Crippen MR) is 83.1 cm³/mol. The molecule has 0 aliphatic heterocycles. The number of hydrogen-bond acceptors (Lipinski definition) is 4. The molecular formula is C17H21NO3. The lowest BCUT2D eigenvalue weighted by Gasteiger charge is -2.14. The first-order valence-corrected chi connectivity index (χ1v) is 6.93. The Hall–Kier alpha value is -2.20. The fourth-order valence-electron chi connectivity index (χ4n) is 2.11. The highest BCUT2D eigenvalue weighted by Gasteiger charge is 2.06. The molecule has 0 spiro atoms. The third kappa shape index (κ3) is 3.89. The van der Waals surface area contributed by atoms with Crippen LogP contribution in [0.2, 0.25) is 0 Å². The number of para-hydroxylation sites is 3. The van der Waals surface area contributed by atoms with Crippen LogP contribution < -0.4 is 19.9 Å². The number of rotatable bonds is 7. The van der Waals surface area contributed by atoms with E-state index in [-0.39, 0.29) is 0 Å². The maximum absolute atomic E-state index is 5.81. The molecule has 0 heterocycles. The van der Waals surface area contributed by atoms with Crippen LogP contribution in [-0.2, 0) is 6.54 Å². The van der Waals surface area contributed by atoms with Crippen LogP contribution in [0.3, 0.4) is 0 Å². The fraction of sp³-hybridized carbons (Fsp3) is 0.294. The topological polar surface area (TPSA) is 53.7 Å². The van der Waals surface area contributed by atoms with E-state index >= 15 is 0 Å². The third-order valence-corrected chi connectivity index (χ3v) is 3.17. The molecule has 0 aliphatic carbocycles. The van der Waals surface area contributed by atoms with Crippen molar-refractivity contribution in [3.8, 4) is 17.2 Å². The van der Waals surface area contributed by atoms with E-state index in [1.807, 2.05) is 49.4 Å². The van der Waals surface area contributed by atoms with Crippen LogP contribution in [0.4, 0.5) is 0 Å². The molecular weight excluding hydrogens is 266 g/mol. The van der Waals surface area contributed by atoms with Crippen LogP contribution in [0.5, 0.6) is 17.2 Å². The van der Waals surface area contributed by atoms with Gasteiger partial charge in [0.2, 0.25) is 0 Å². The zero-order valence-electron chi connectivity index (χ0n) is 12.5. The van der Waals surface area contributed by atoms with E-state index in [2.05, 4.69) is 0 Å². The van der Waals surface area contributed by atoms with Crippen LogP contribution >= 0.6 is 0 Å². The molecule has 2 rings (SSSR count). The van der Waals surface area contributed by atoms with Crippen molar-refractivity contribution in [3.63, 3.8) is 0 Å². The van der Waals surface area contributed by atoms with Crippen LogP contribution in [-0.4, -0.2) is 20.3 Å². The molecule has 0 atom stereocenters. The highest BCUT2D eigenvalue weighted by atomic mass is 16.5. The van der Waals surface area contributed by atoms with Crippen molar-refractivity contribution in [2.75, 3.05) is 20.3 Å². The standard InChI is InChI=1S/C17H21NO3/c1-13-6-5-7-14(12-18)17(13)21-11-10-20-16-9-4-3-8-15(16)19-2/h3-9H,10-12,18H2,1-2H3. The quantitative estimate of drug-likeness (QED) is 0.796. The predicted octanol–water partition coefficient (Wildman–Crippen LogP) is 2.92. The molecule has 0 saturated carbocycles. The summed E-state index contributed by atoms with van der Waals surface area (Å²) >= 11 is 0. The Morgan fingerprint density at radius 1 is 0.905 bits per heavy atom. The molecule has 0 amide bonds. The van der Waals surface area contributed by atoms with Gasteiger partial charge in [-0.2, -0.15) is 0 Å². The molecule has 2 aromatic rings. The summed E-state index contributed by atoms with van der Waals surface area (Å²) in [7, 11) is 1.62.